The fourth-order valence-electron chi connectivity index (χ4n) is 2.17. The summed E-state index contributed by atoms with van der Waals surface area (Å²) in [6.45, 7) is 2.08. The van der Waals surface area contributed by atoms with Crippen LogP contribution in [0.1, 0.15) is 11.8 Å². The predicted octanol–water partition coefficient (Wildman–Crippen LogP) is 4.36. The van der Waals surface area contributed by atoms with Gasteiger partial charge in [-0.05, 0) is 30.9 Å². The Morgan fingerprint density at radius 1 is 1.33 bits per heavy atom. The highest BCUT2D eigenvalue weighted by Gasteiger charge is 2.16. The van der Waals surface area contributed by atoms with Crippen LogP contribution < -0.4 is 5.73 Å². The first-order chi connectivity index (χ1) is 10.1. The number of rotatable bonds is 3. The number of anilines is 1. The van der Waals surface area contributed by atoms with Crippen molar-refractivity contribution in [1.29, 1.82) is 0 Å². The van der Waals surface area contributed by atoms with Crippen LogP contribution in [0.4, 0.5) is 10.2 Å². The molecule has 21 heavy (non-hydrogen) atoms. The highest BCUT2D eigenvalue weighted by molar-refractivity contribution is 7.98. The molecule has 108 valence electrons. The maximum Gasteiger partial charge on any atom is 0.167 e. The van der Waals surface area contributed by atoms with Crippen LogP contribution in [0.5, 0.6) is 0 Å². The number of aromatic nitrogens is 2. The van der Waals surface area contributed by atoms with Gasteiger partial charge in [0.05, 0.1) is 10.9 Å². The van der Waals surface area contributed by atoms with Crippen molar-refractivity contribution in [3.05, 3.63) is 35.0 Å². The van der Waals surface area contributed by atoms with Crippen LogP contribution in [0.15, 0.2) is 29.2 Å². The molecule has 0 radical (unpaired) electrons. The number of fused-ring (bicyclic) bond motifs is 1. The van der Waals surface area contributed by atoms with Crippen molar-refractivity contribution in [1.82, 2.24) is 9.97 Å². The summed E-state index contributed by atoms with van der Waals surface area (Å²) in [5.74, 6) is 0.432. The Balaban J connectivity index is 2.26. The number of benzene rings is 1. The van der Waals surface area contributed by atoms with Crippen LogP contribution in [-0.2, 0) is 6.42 Å². The Labute approximate surface area is 130 Å². The van der Waals surface area contributed by atoms with Gasteiger partial charge in [0.15, 0.2) is 5.82 Å². The number of hydrogen-bond acceptors (Lipinski definition) is 5. The molecule has 0 aliphatic heterocycles. The number of nitrogens with zero attached hydrogens (tertiary/aromatic N) is 2. The van der Waals surface area contributed by atoms with Crippen LogP contribution in [0.25, 0.3) is 21.6 Å². The van der Waals surface area contributed by atoms with Gasteiger partial charge in [0.2, 0.25) is 0 Å². The first kappa shape index (κ1) is 14.3. The smallest absolute Gasteiger partial charge is 0.167 e. The van der Waals surface area contributed by atoms with E-state index in [1.807, 2.05) is 18.4 Å². The van der Waals surface area contributed by atoms with E-state index in [4.69, 9.17) is 5.73 Å². The van der Waals surface area contributed by atoms with Gasteiger partial charge in [-0.25, -0.2) is 14.4 Å². The lowest BCUT2D eigenvalue weighted by Crippen LogP contribution is -1.98. The van der Waals surface area contributed by atoms with Gasteiger partial charge >= 0.3 is 0 Å². The van der Waals surface area contributed by atoms with E-state index in [1.165, 1.54) is 22.7 Å². The van der Waals surface area contributed by atoms with Gasteiger partial charge in [0, 0.05) is 9.77 Å². The van der Waals surface area contributed by atoms with E-state index in [2.05, 4.69) is 16.9 Å². The van der Waals surface area contributed by atoms with E-state index < -0.39 is 0 Å². The second-order valence-electron chi connectivity index (χ2n) is 4.53. The molecule has 0 fully saturated rings. The summed E-state index contributed by atoms with van der Waals surface area (Å²) < 4.78 is 14.2. The molecule has 0 aliphatic rings. The Hall–Kier alpha value is -1.66. The third-order valence-electron chi connectivity index (χ3n) is 3.24. The number of nitrogen functional groups attached to an aromatic ring is 1. The van der Waals surface area contributed by atoms with Gasteiger partial charge in [-0.15, -0.1) is 23.1 Å². The van der Waals surface area contributed by atoms with E-state index >= 15 is 0 Å². The van der Waals surface area contributed by atoms with Crippen LogP contribution in [0.3, 0.4) is 0 Å². The summed E-state index contributed by atoms with van der Waals surface area (Å²) in [6, 6.07) is 6.98. The quantitative estimate of drug-likeness (QED) is 0.729. The lowest BCUT2D eigenvalue weighted by Gasteiger charge is -2.08. The van der Waals surface area contributed by atoms with Crippen LogP contribution >= 0.6 is 23.1 Å². The second kappa shape index (κ2) is 5.61. The highest BCUT2D eigenvalue weighted by Crippen LogP contribution is 2.34. The molecule has 0 atom stereocenters. The summed E-state index contributed by atoms with van der Waals surface area (Å²) in [7, 11) is 0. The number of thiophene rings is 1. The topological polar surface area (TPSA) is 51.8 Å². The van der Waals surface area contributed by atoms with Gasteiger partial charge in [0.25, 0.3) is 0 Å². The molecule has 0 amide bonds. The lowest BCUT2D eigenvalue weighted by atomic mass is 10.2. The van der Waals surface area contributed by atoms with Crippen LogP contribution in [0.2, 0.25) is 0 Å². The van der Waals surface area contributed by atoms with Gasteiger partial charge in [-0.3, -0.25) is 0 Å². The Morgan fingerprint density at radius 3 is 2.86 bits per heavy atom. The zero-order chi connectivity index (χ0) is 15.0. The van der Waals surface area contributed by atoms with Gasteiger partial charge in [-0.1, -0.05) is 13.0 Å². The average molecular weight is 319 g/mol. The van der Waals surface area contributed by atoms with E-state index in [9.17, 15) is 4.39 Å². The van der Waals surface area contributed by atoms with Crippen molar-refractivity contribution < 1.29 is 4.39 Å². The molecular weight excluding hydrogens is 305 g/mol. The van der Waals surface area contributed by atoms with Crippen molar-refractivity contribution in [3.63, 3.8) is 0 Å². The standard InChI is InChI=1S/C15H14FN3S2/c1-3-8-7-9-13(17)18-14(19-15(9)21-8)12-10(16)5-4-6-11(12)20-2/h4-7H,3H2,1-2H3,(H2,17,18,19). The Bertz CT molecular complexity index is 814. The SMILES string of the molecule is CCc1cc2c(N)nc(-c3c(F)cccc3SC)nc2s1. The van der Waals surface area contributed by atoms with Crippen molar-refractivity contribution in [2.45, 2.75) is 18.2 Å². The maximum absolute atomic E-state index is 14.2. The fourth-order valence-corrected chi connectivity index (χ4v) is 3.75. The number of nitrogens with two attached hydrogens (primary N) is 1. The molecule has 2 heterocycles. The molecule has 0 saturated carbocycles. The van der Waals surface area contributed by atoms with E-state index in [0.717, 1.165) is 21.5 Å². The van der Waals surface area contributed by atoms with Crippen LogP contribution in [-0.4, -0.2) is 16.2 Å². The molecule has 2 aromatic heterocycles. The minimum Gasteiger partial charge on any atom is -0.383 e. The molecular formula is C15H14FN3S2. The molecule has 0 aliphatic carbocycles. The summed E-state index contributed by atoms with van der Waals surface area (Å²) >= 11 is 3.05. The van der Waals surface area contributed by atoms with Crippen molar-refractivity contribution >= 4 is 39.1 Å². The number of aryl methyl sites for hydroxylation is 1. The van der Waals surface area contributed by atoms with Crippen LogP contribution in [0, 0.1) is 5.82 Å². The monoisotopic (exact) mass is 319 g/mol. The van der Waals surface area contributed by atoms with E-state index in [1.54, 1.807) is 17.4 Å². The second-order valence-corrected chi connectivity index (χ2v) is 6.50. The minimum absolute atomic E-state index is 0.326. The molecule has 0 bridgehead atoms. The Morgan fingerprint density at radius 2 is 2.14 bits per heavy atom. The van der Waals surface area contributed by atoms with Gasteiger partial charge in [-0.2, -0.15) is 0 Å². The number of halogens is 1. The largest absolute Gasteiger partial charge is 0.383 e. The Kier molecular flexibility index (Phi) is 3.82. The third-order valence-corrected chi connectivity index (χ3v) is 5.19. The van der Waals surface area contributed by atoms with E-state index in [-0.39, 0.29) is 5.82 Å². The molecule has 3 aromatic rings. The highest BCUT2D eigenvalue weighted by atomic mass is 32.2. The fraction of sp³-hybridized carbons (Fsp3) is 0.200. The average Bonchev–Trinajstić information content (AvgIpc) is 2.90. The molecule has 1 aromatic carbocycles. The summed E-state index contributed by atoms with van der Waals surface area (Å²) in [6.07, 6.45) is 2.83. The lowest BCUT2D eigenvalue weighted by molar-refractivity contribution is 0.627. The number of hydrogen-bond donors (Lipinski definition) is 1. The van der Waals surface area contributed by atoms with Gasteiger partial charge < -0.3 is 5.73 Å². The molecule has 3 rings (SSSR count). The minimum atomic E-state index is -0.326. The summed E-state index contributed by atoms with van der Waals surface area (Å²) in [5, 5.41) is 0.850. The molecule has 2 N–H and O–H groups in total. The predicted molar refractivity (Wildman–Crippen MR) is 88.4 cm³/mol. The van der Waals surface area contributed by atoms with Crippen molar-refractivity contribution in [3.8, 4) is 11.4 Å². The first-order valence-electron chi connectivity index (χ1n) is 6.52. The summed E-state index contributed by atoms with van der Waals surface area (Å²) in [4.78, 5) is 11.6. The molecule has 0 saturated heterocycles. The molecule has 6 heteroatoms. The van der Waals surface area contributed by atoms with E-state index in [0.29, 0.717) is 17.2 Å². The molecule has 3 nitrogen and oxygen atoms in total. The maximum atomic E-state index is 14.2. The molecule has 0 unspecified atom stereocenters. The number of thioether (sulfide) groups is 1. The van der Waals surface area contributed by atoms with Gasteiger partial charge in [0.1, 0.15) is 16.5 Å². The first-order valence-corrected chi connectivity index (χ1v) is 8.57. The summed E-state index contributed by atoms with van der Waals surface area (Å²) in [5.41, 5.74) is 6.45. The van der Waals surface area contributed by atoms with Crippen molar-refractivity contribution in [2.24, 2.45) is 0 Å². The zero-order valence-corrected chi connectivity index (χ0v) is 13.3. The normalized spacial score (nSPS) is 11.2. The molecule has 0 spiro atoms. The van der Waals surface area contributed by atoms with Crippen molar-refractivity contribution in [2.75, 3.05) is 12.0 Å². The zero-order valence-electron chi connectivity index (χ0n) is 11.7. The third kappa shape index (κ3) is 2.49.